The highest BCUT2D eigenvalue weighted by molar-refractivity contribution is 5.82. The van der Waals surface area contributed by atoms with Crippen LogP contribution in [0.15, 0.2) is 4.99 Å². The number of nitrogens with one attached hydrogen (secondary N) is 1. The second-order valence-electron chi connectivity index (χ2n) is 2.08. The zero-order valence-corrected chi connectivity index (χ0v) is 7.04. The molecular formula is C6H14N4O2. The Bertz CT molecular complexity index is 165. The van der Waals surface area contributed by atoms with Crippen LogP contribution in [0.1, 0.15) is 0 Å². The number of carbonyl (C=O) groups is 1. The van der Waals surface area contributed by atoms with E-state index >= 15 is 0 Å². The zero-order valence-electron chi connectivity index (χ0n) is 7.04. The van der Waals surface area contributed by atoms with Crippen LogP contribution in [0, 0.1) is 0 Å². The van der Waals surface area contributed by atoms with Gasteiger partial charge in [0.2, 0.25) is 5.91 Å². The molecule has 0 saturated heterocycles. The minimum atomic E-state index is -0.222. The summed E-state index contributed by atoms with van der Waals surface area (Å²) in [5.74, 6) is -0.308. The molecule has 0 aliphatic carbocycles. The standard InChI is InChI=1S/C6H14N4O2/c1-12-3-2-9-5(11)4-10-6(7)8/h2-4H2,1H3,(H,9,11)(H4,7,8,10). The molecule has 0 aromatic heterocycles. The van der Waals surface area contributed by atoms with Gasteiger partial charge in [0.15, 0.2) is 5.96 Å². The third-order valence-electron chi connectivity index (χ3n) is 1.03. The molecule has 1 amide bonds. The van der Waals surface area contributed by atoms with Crippen molar-refractivity contribution in [3.05, 3.63) is 0 Å². The molecule has 0 aliphatic heterocycles. The summed E-state index contributed by atoms with van der Waals surface area (Å²) in [6.45, 7) is 0.912. The molecule has 6 nitrogen and oxygen atoms in total. The maximum Gasteiger partial charge on any atom is 0.241 e. The number of hydrogen-bond acceptors (Lipinski definition) is 3. The van der Waals surface area contributed by atoms with Crippen molar-refractivity contribution in [3.63, 3.8) is 0 Å². The van der Waals surface area contributed by atoms with Gasteiger partial charge in [-0.15, -0.1) is 0 Å². The van der Waals surface area contributed by atoms with Crippen LogP contribution in [0.5, 0.6) is 0 Å². The van der Waals surface area contributed by atoms with Gasteiger partial charge in [-0.25, -0.2) is 4.99 Å². The quantitative estimate of drug-likeness (QED) is 0.255. The lowest BCUT2D eigenvalue weighted by Crippen LogP contribution is -2.31. The van der Waals surface area contributed by atoms with Gasteiger partial charge in [0.05, 0.1) is 6.61 Å². The van der Waals surface area contributed by atoms with E-state index in [2.05, 4.69) is 10.3 Å². The number of hydrogen-bond donors (Lipinski definition) is 3. The lowest BCUT2D eigenvalue weighted by Gasteiger charge is -2.01. The zero-order chi connectivity index (χ0) is 9.40. The number of methoxy groups -OCH3 is 1. The molecule has 6 heteroatoms. The summed E-state index contributed by atoms with van der Waals surface area (Å²) in [7, 11) is 1.56. The summed E-state index contributed by atoms with van der Waals surface area (Å²) in [6.07, 6.45) is 0. The first-order chi connectivity index (χ1) is 5.66. The van der Waals surface area contributed by atoms with Crippen LogP contribution in [0.3, 0.4) is 0 Å². The molecule has 0 atom stereocenters. The van der Waals surface area contributed by atoms with Crippen molar-refractivity contribution < 1.29 is 9.53 Å². The molecule has 0 saturated carbocycles. The van der Waals surface area contributed by atoms with E-state index in [0.29, 0.717) is 13.2 Å². The lowest BCUT2D eigenvalue weighted by molar-refractivity contribution is -0.119. The van der Waals surface area contributed by atoms with Crippen LogP contribution in [-0.2, 0) is 9.53 Å². The number of nitrogens with zero attached hydrogens (tertiary/aromatic N) is 1. The Morgan fingerprint density at radius 1 is 1.58 bits per heavy atom. The van der Waals surface area contributed by atoms with Crippen molar-refractivity contribution in [3.8, 4) is 0 Å². The molecular weight excluding hydrogens is 160 g/mol. The largest absolute Gasteiger partial charge is 0.383 e. The summed E-state index contributed by atoms with van der Waals surface area (Å²) in [5, 5.41) is 2.56. The summed E-state index contributed by atoms with van der Waals surface area (Å²) >= 11 is 0. The van der Waals surface area contributed by atoms with Crippen molar-refractivity contribution >= 4 is 11.9 Å². The van der Waals surface area contributed by atoms with Gasteiger partial charge >= 0.3 is 0 Å². The number of rotatable bonds is 5. The Hall–Kier alpha value is -1.30. The summed E-state index contributed by atoms with van der Waals surface area (Å²) < 4.78 is 4.72. The SMILES string of the molecule is COCCNC(=O)CN=C(N)N. The number of ether oxygens (including phenoxy) is 1. The van der Waals surface area contributed by atoms with Crippen LogP contribution >= 0.6 is 0 Å². The van der Waals surface area contributed by atoms with Crippen LogP contribution in [-0.4, -0.2) is 38.7 Å². The minimum absolute atomic E-state index is 0.0357. The normalized spacial score (nSPS) is 9.08. The van der Waals surface area contributed by atoms with Crippen LogP contribution in [0.4, 0.5) is 0 Å². The highest BCUT2D eigenvalue weighted by Gasteiger charge is 1.97. The molecule has 5 N–H and O–H groups in total. The predicted molar refractivity (Wildman–Crippen MR) is 45.6 cm³/mol. The molecule has 0 rings (SSSR count). The molecule has 0 spiro atoms. The third kappa shape index (κ3) is 6.81. The Morgan fingerprint density at radius 3 is 2.75 bits per heavy atom. The fourth-order valence-corrected chi connectivity index (χ4v) is 0.512. The molecule has 0 radical (unpaired) electrons. The molecule has 70 valence electrons. The van der Waals surface area contributed by atoms with Crippen molar-refractivity contribution in [2.75, 3.05) is 26.8 Å². The monoisotopic (exact) mass is 174 g/mol. The van der Waals surface area contributed by atoms with E-state index in [0.717, 1.165) is 0 Å². The van der Waals surface area contributed by atoms with E-state index in [4.69, 9.17) is 16.2 Å². The van der Waals surface area contributed by atoms with Gasteiger partial charge in [0, 0.05) is 13.7 Å². The molecule has 0 aliphatic rings. The Labute approximate surface area is 71.0 Å². The van der Waals surface area contributed by atoms with E-state index in [1.54, 1.807) is 7.11 Å². The number of nitrogens with two attached hydrogens (primary N) is 2. The minimum Gasteiger partial charge on any atom is -0.383 e. The molecule has 12 heavy (non-hydrogen) atoms. The fraction of sp³-hybridized carbons (Fsp3) is 0.667. The highest BCUT2D eigenvalue weighted by Crippen LogP contribution is 1.71. The van der Waals surface area contributed by atoms with Crippen molar-refractivity contribution in [2.45, 2.75) is 0 Å². The molecule has 0 aromatic rings. The molecule has 0 unspecified atom stereocenters. The number of guanidine groups is 1. The van der Waals surface area contributed by atoms with Crippen LogP contribution in [0.25, 0.3) is 0 Å². The predicted octanol–water partition coefficient (Wildman–Crippen LogP) is -1.98. The summed E-state index contributed by atoms with van der Waals surface area (Å²) in [4.78, 5) is 14.4. The summed E-state index contributed by atoms with van der Waals surface area (Å²) in [6, 6.07) is 0. The number of amides is 1. The van der Waals surface area contributed by atoms with Crippen molar-refractivity contribution in [2.24, 2.45) is 16.5 Å². The van der Waals surface area contributed by atoms with Gasteiger partial charge < -0.3 is 21.5 Å². The smallest absolute Gasteiger partial charge is 0.241 e. The van der Waals surface area contributed by atoms with E-state index in [9.17, 15) is 4.79 Å². The molecule has 0 bridgehead atoms. The van der Waals surface area contributed by atoms with Gasteiger partial charge in [-0.1, -0.05) is 0 Å². The van der Waals surface area contributed by atoms with E-state index in [-0.39, 0.29) is 18.4 Å². The topological polar surface area (TPSA) is 103 Å². The fourth-order valence-electron chi connectivity index (χ4n) is 0.512. The van der Waals surface area contributed by atoms with Crippen LogP contribution in [0.2, 0.25) is 0 Å². The first kappa shape index (κ1) is 10.7. The van der Waals surface area contributed by atoms with E-state index in [1.165, 1.54) is 0 Å². The van der Waals surface area contributed by atoms with Gasteiger partial charge in [-0.3, -0.25) is 4.79 Å². The highest BCUT2D eigenvalue weighted by atomic mass is 16.5. The van der Waals surface area contributed by atoms with Gasteiger partial charge in [-0.05, 0) is 0 Å². The van der Waals surface area contributed by atoms with Gasteiger partial charge in [-0.2, -0.15) is 0 Å². The van der Waals surface area contributed by atoms with E-state index < -0.39 is 0 Å². The second kappa shape index (κ2) is 6.41. The maximum atomic E-state index is 10.8. The third-order valence-corrected chi connectivity index (χ3v) is 1.03. The average Bonchev–Trinajstić information content (AvgIpc) is 2.01. The first-order valence-electron chi connectivity index (χ1n) is 3.48. The molecule has 0 aromatic carbocycles. The first-order valence-corrected chi connectivity index (χ1v) is 3.48. The second-order valence-corrected chi connectivity index (χ2v) is 2.08. The molecule has 0 heterocycles. The Kier molecular flexibility index (Phi) is 5.72. The lowest BCUT2D eigenvalue weighted by atomic mass is 10.5. The van der Waals surface area contributed by atoms with E-state index in [1.807, 2.05) is 0 Å². The molecule has 0 fully saturated rings. The van der Waals surface area contributed by atoms with Gasteiger partial charge in [0.1, 0.15) is 6.54 Å². The Balaban J connectivity index is 3.41. The maximum absolute atomic E-state index is 10.8. The summed E-state index contributed by atoms with van der Waals surface area (Å²) in [5.41, 5.74) is 10.0. The average molecular weight is 174 g/mol. The van der Waals surface area contributed by atoms with Gasteiger partial charge in [0.25, 0.3) is 0 Å². The number of aliphatic imine (C=N–C) groups is 1. The Morgan fingerprint density at radius 2 is 2.25 bits per heavy atom. The number of carbonyl (C=O) groups excluding carboxylic acids is 1. The van der Waals surface area contributed by atoms with Crippen molar-refractivity contribution in [1.82, 2.24) is 5.32 Å². The van der Waals surface area contributed by atoms with Crippen LogP contribution < -0.4 is 16.8 Å². The van der Waals surface area contributed by atoms with Crippen molar-refractivity contribution in [1.29, 1.82) is 0 Å².